The van der Waals surface area contributed by atoms with E-state index in [1.165, 1.54) is 30.3 Å². The van der Waals surface area contributed by atoms with Gasteiger partial charge in [-0.25, -0.2) is 8.42 Å². The van der Waals surface area contributed by atoms with Gasteiger partial charge in [-0.3, -0.25) is 9.52 Å². The highest BCUT2D eigenvalue weighted by molar-refractivity contribution is 7.92. The summed E-state index contributed by atoms with van der Waals surface area (Å²) in [6, 6.07) is 19.4. The van der Waals surface area contributed by atoms with Crippen molar-refractivity contribution in [3.63, 3.8) is 0 Å². The van der Waals surface area contributed by atoms with Crippen molar-refractivity contribution in [2.75, 3.05) is 4.72 Å². The molecule has 0 radical (unpaired) electrons. The number of rotatable bonds is 6. The van der Waals surface area contributed by atoms with Crippen molar-refractivity contribution in [2.45, 2.75) is 11.4 Å². The highest BCUT2D eigenvalue weighted by atomic mass is 35.5. The van der Waals surface area contributed by atoms with Crippen molar-refractivity contribution in [1.82, 2.24) is 5.32 Å². The third-order valence-electron chi connectivity index (χ3n) is 3.89. The molecule has 0 bridgehead atoms. The summed E-state index contributed by atoms with van der Waals surface area (Å²) in [6.07, 6.45) is 0. The second-order valence-corrected chi connectivity index (χ2v) is 8.45. The van der Waals surface area contributed by atoms with Crippen molar-refractivity contribution in [2.24, 2.45) is 0 Å². The second kappa shape index (κ2) is 8.65. The highest BCUT2D eigenvalue weighted by Crippen LogP contribution is 2.23. The van der Waals surface area contributed by atoms with E-state index in [1.807, 2.05) is 12.1 Å². The van der Waals surface area contributed by atoms with E-state index in [0.29, 0.717) is 11.6 Å². The molecule has 0 saturated heterocycles. The number of carbonyl (C=O) groups is 1. The minimum absolute atomic E-state index is 0.135. The van der Waals surface area contributed by atoms with E-state index >= 15 is 0 Å². The highest BCUT2D eigenvalue weighted by Gasteiger charge is 2.16. The topological polar surface area (TPSA) is 75.3 Å². The molecule has 8 heteroatoms. The van der Waals surface area contributed by atoms with E-state index in [-0.39, 0.29) is 27.1 Å². The average molecular weight is 435 g/mol. The van der Waals surface area contributed by atoms with Gasteiger partial charge in [-0.15, -0.1) is 0 Å². The lowest BCUT2D eigenvalue weighted by Crippen LogP contribution is -2.23. The smallest absolute Gasteiger partial charge is 0.261 e. The third kappa shape index (κ3) is 5.04. The fourth-order valence-electron chi connectivity index (χ4n) is 2.46. The molecular weight excluding hydrogens is 419 g/mol. The Morgan fingerprint density at radius 2 is 1.57 bits per heavy atom. The van der Waals surface area contributed by atoms with Gasteiger partial charge in [0.1, 0.15) is 0 Å². The molecule has 3 aromatic carbocycles. The lowest BCUT2D eigenvalue weighted by molar-refractivity contribution is 0.0951. The van der Waals surface area contributed by atoms with Crippen LogP contribution in [0.5, 0.6) is 0 Å². The molecule has 0 aliphatic carbocycles. The lowest BCUT2D eigenvalue weighted by atomic mass is 10.1. The van der Waals surface area contributed by atoms with Gasteiger partial charge in [-0.05, 0) is 48.0 Å². The van der Waals surface area contributed by atoms with E-state index in [1.54, 1.807) is 30.3 Å². The van der Waals surface area contributed by atoms with Gasteiger partial charge in [-0.2, -0.15) is 0 Å². The Balaban J connectivity index is 1.69. The van der Waals surface area contributed by atoms with Crippen molar-refractivity contribution in [3.8, 4) is 0 Å². The average Bonchev–Trinajstić information content (AvgIpc) is 2.68. The Morgan fingerprint density at radius 3 is 2.21 bits per heavy atom. The quantitative estimate of drug-likeness (QED) is 0.588. The first-order valence-corrected chi connectivity index (χ1v) is 10.5. The van der Waals surface area contributed by atoms with E-state index < -0.39 is 10.0 Å². The minimum atomic E-state index is -3.73. The maximum Gasteiger partial charge on any atom is 0.261 e. The number of benzene rings is 3. The summed E-state index contributed by atoms with van der Waals surface area (Å²) in [6.45, 7) is 0.314. The van der Waals surface area contributed by atoms with Gasteiger partial charge in [0.25, 0.3) is 15.9 Å². The van der Waals surface area contributed by atoms with Crippen LogP contribution in [-0.2, 0) is 16.6 Å². The van der Waals surface area contributed by atoms with Gasteiger partial charge in [0.2, 0.25) is 0 Å². The van der Waals surface area contributed by atoms with Gasteiger partial charge >= 0.3 is 0 Å². The summed E-state index contributed by atoms with van der Waals surface area (Å²) in [7, 11) is -3.73. The number of nitrogens with one attached hydrogen (secondary N) is 2. The van der Waals surface area contributed by atoms with Crippen molar-refractivity contribution < 1.29 is 13.2 Å². The Kier molecular flexibility index (Phi) is 6.24. The molecule has 1 amide bonds. The van der Waals surface area contributed by atoms with Crippen LogP contribution in [0.15, 0.2) is 77.7 Å². The standard InChI is InChI=1S/C20H16Cl2N2O3S/c21-15-8-6-14(7-9-15)13-23-20(25)18-11-10-16(12-19(18)22)24-28(26,27)17-4-2-1-3-5-17/h1-12,24H,13H2,(H,23,25). The summed E-state index contributed by atoms with van der Waals surface area (Å²) < 4.78 is 27.2. The van der Waals surface area contributed by atoms with Crippen LogP contribution in [0.2, 0.25) is 10.0 Å². The minimum Gasteiger partial charge on any atom is -0.348 e. The fourth-order valence-corrected chi connectivity index (χ4v) is 3.92. The molecule has 0 aliphatic heterocycles. The first-order valence-electron chi connectivity index (χ1n) is 8.25. The molecule has 2 N–H and O–H groups in total. The Morgan fingerprint density at radius 1 is 0.893 bits per heavy atom. The van der Waals surface area contributed by atoms with E-state index in [0.717, 1.165) is 5.56 Å². The molecule has 0 aliphatic rings. The number of hydrogen-bond acceptors (Lipinski definition) is 3. The second-order valence-electron chi connectivity index (χ2n) is 5.92. The van der Waals surface area contributed by atoms with Crippen molar-refractivity contribution >= 4 is 44.8 Å². The van der Waals surface area contributed by atoms with Crippen LogP contribution in [0.1, 0.15) is 15.9 Å². The third-order valence-corrected chi connectivity index (χ3v) is 5.85. The Hall–Kier alpha value is -2.54. The molecule has 28 heavy (non-hydrogen) atoms. The van der Waals surface area contributed by atoms with E-state index in [4.69, 9.17) is 23.2 Å². The number of hydrogen-bond donors (Lipinski definition) is 2. The summed E-state index contributed by atoms with van der Waals surface area (Å²) >= 11 is 12.0. The SMILES string of the molecule is O=C(NCc1ccc(Cl)cc1)c1ccc(NS(=O)(=O)c2ccccc2)cc1Cl. The molecule has 0 saturated carbocycles. The maximum absolute atomic E-state index is 12.4. The number of sulfonamides is 1. The predicted molar refractivity (Wildman–Crippen MR) is 111 cm³/mol. The van der Waals surface area contributed by atoms with E-state index in [9.17, 15) is 13.2 Å². The molecule has 144 valence electrons. The first kappa shape index (κ1) is 20.2. The molecular formula is C20H16Cl2N2O3S. The summed E-state index contributed by atoms with van der Waals surface area (Å²) in [5, 5.41) is 3.52. The van der Waals surface area contributed by atoms with Crippen molar-refractivity contribution in [1.29, 1.82) is 0 Å². The zero-order chi connectivity index (χ0) is 20.1. The fraction of sp³-hybridized carbons (Fsp3) is 0.0500. The van der Waals surface area contributed by atoms with Crippen LogP contribution in [0.3, 0.4) is 0 Å². The zero-order valence-corrected chi connectivity index (χ0v) is 16.9. The Labute approximate surface area is 173 Å². The summed E-state index contributed by atoms with van der Waals surface area (Å²) in [4.78, 5) is 12.5. The van der Waals surface area contributed by atoms with Gasteiger partial charge in [0, 0.05) is 11.6 Å². The van der Waals surface area contributed by atoms with Crippen LogP contribution in [0.4, 0.5) is 5.69 Å². The number of carbonyl (C=O) groups excluding carboxylic acids is 1. The van der Waals surface area contributed by atoms with Crippen LogP contribution in [-0.4, -0.2) is 14.3 Å². The van der Waals surface area contributed by atoms with Crippen molar-refractivity contribution in [3.05, 3.63) is 94.0 Å². The molecule has 0 spiro atoms. The predicted octanol–water partition coefficient (Wildman–Crippen LogP) is 4.72. The van der Waals surface area contributed by atoms with Gasteiger partial charge in [0.05, 0.1) is 21.2 Å². The van der Waals surface area contributed by atoms with Gasteiger partial charge < -0.3 is 5.32 Å². The zero-order valence-electron chi connectivity index (χ0n) is 14.5. The maximum atomic E-state index is 12.4. The van der Waals surface area contributed by atoms with Gasteiger partial charge in [-0.1, -0.05) is 53.5 Å². The van der Waals surface area contributed by atoms with Crippen LogP contribution in [0.25, 0.3) is 0 Å². The number of anilines is 1. The number of amides is 1. The molecule has 0 unspecified atom stereocenters. The monoisotopic (exact) mass is 434 g/mol. The molecule has 3 aromatic rings. The first-order chi connectivity index (χ1) is 13.3. The molecule has 0 aromatic heterocycles. The molecule has 0 atom stereocenters. The van der Waals surface area contributed by atoms with E-state index in [2.05, 4.69) is 10.0 Å². The largest absolute Gasteiger partial charge is 0.348 e. The molecule has 0 fully saturated rings. The molecule has 0 heterocycles. The summed E-state index contributed by atoms with van der Waals surface area (Å²) in [5.41, 5.74) is 1.41. The normalized spacial score (nSPS) is 11.1. The lowest BCUT2D eigenvalue weighted by Gasteiger charge is -2.11. The molecule has 3 rings (SSSR count). The number of halogens is 2. The van der Waals surface area contributed by atoms with Crippen LogP contribution in [0, 0.1) is 0 Å². The van der Waals surface area contributed by atoms with Crippen LogP contribution >= 0.6 is 23.2 Å². The van der Waals surface area contributed by atoms with Gasteiger partial charge in [0.15, 0.2) is 0 Å². The van der Waals surface area contributed by atoms with Crippen LogP contribution < -0.4 is 10.0 Å². The molecule has 5 nitrogen and oxygen atoms in total. The Bertz CT molecular complexity index is 1090. The summed E-state index contributed by atoms with van der Waals surface area (Å²) in [5.74, 6) is -0.364.